The second-order valence-electron chi connectivity index (χ2n) is 4.57. The van der Waals surface area contributed by atoms with E-state index >= 15 is 0 Å². The zero-order valence-electron chi connectivity index (χ0n) is 11.6. The fourth-order valence-corrected chi connectivity index (χ4v) is 1.85. The molecule has 0 aliphatic heterocycles. The fraction of sp³-hybridized carbons (Fsp3) is 0.571. The second-order valence-corrected chi connectivity index (χ2v) is 5.01. The van der Waals surface area contributed by atoms with E-state index in [2.05, 4.69) is 10.6 Å². The van der Waals surface area contributed by atoms with Crippen LogP contribution >= 0.6 is 11.6 Å². The number of benzene rings is 1. The van der Waals surface area contributed by atoms with Gasteiger partial charge in [0.05, 0.1) is 12.7 Å². The molecule has 0 aliphatic carbocycles. The van der Waals surface area contributed by atoms with Gasteiger partial charge in [0.15, 0.2) is 0 Å². The van der Waals surface area contributed by atoms with Gasteiger partial charge in [0.2, 0.25) is 0 Å². The van der Waals surface area contributed by atoms with Crippen LogP contribution in [-0.4, -0.2) is 37.5 Å². The van der Waals surface area contributed by atoms with Crippen molar-refractivity contribution in [3.8, 4) is 5.75 Å². The van der Waals surface area contributed by atoms with E-state index in [9.17, 15) is 0 Å². The number of hydrogen-bond donors (Lipinski definition) is 3. The number of aliphatic hydroxyl groups excluding tert-OH is 1. The standard InChI is InChI=1S/C14H23ClN2O2/c1-11(2)19-14-4-3-13(15)9-12(14)10-17-6-5-16-7-8-18/h3-4,9,11,16-18H,5-8,10H2,1-2H3. The average molecular weight is 287 g/mol. The van der Waals surface area contributed by atoms with Gasteiger partial charge in [-0.15, -0.1) is 0 Å². The van der Waals surface area contributed by atoms with Crippen LogP contribution in [0.15, 0.2) is 18.2 Å². The monoisotopic (exact) mass is 286 g/mol. The predicted octanol–water partition coefficient (Wildman–Crippen LogP) is 1.80. The molecule has 1 aromatic rings. The number of halogens is 1. The van der Waals surface area contributed by atoms with Crippen LogP contribution in [0.4, 0.5) is 0 Å². The van der Waals surface area contributed by atoms with Gasteiger partial charge in [-0.1, -0.05) is 11.6 Å². The van der Waals surface area contributed by atoms with E-state index in [0.29, 0.717) is 18.1 Å². The summed E-state index contributed by atoms with van der Waals surface area (Å²) < 4.78 is 5.75. The van der Waals surface area contributed by atoms with Crippen molar-refractivity contribution in [2.45, 2.75) is 26.5 Å². The number of ether oxygens (including phenoxy) is 1. The van der Waals surface area contributed by atoms with Crippen molar-refractivity contribution in [2.75, 3.05) is 26.2 Å². The van der Waals surface area contributed by atoms with Gasteiger partial charge >= 0.3 is 0 Å². The Labute approximate surface area is 120 Å². The Hall–Kier alpha value is -0.810. The molecule has 0 amide bonds. The minimum atomic E-state index is 0.145. The molecule has 5 heteroatoms. The summed E-state index contributed by atoms with van der Waals surface area (Å²) in [5.74, 6) is 0.871. The van der Waals surface area contributed by atoms with Gasteiger partial charge in [0.1, 0.15) is 5.75 Å². The van der Waals surface area contributed by atoms with Gasteiger partial charge < -0.3 is 20.5 Å². The molecule has 0 spiro atoms. The molecule has 0 unspecified atom stereocenters. The lowest BCUT2D eigenvalue weighted by molar-refractivity contribution is 0.239. The Morgan fingerprint density at radius 3 is 2.63 bits per heavy atom. The molecule has 0 saturated carbocycles. The quantitative estimate of drug-likeness (QED) is 0.606. The van der Waals surface area contributed by atoms with E-state index in [1.54, 1.807) is 0 Å². The van der Waals surface area contributed by atoms with Crippen LogP contribution in [0.2, 0.25) is 5.02 Å². The third kappa shape index (κ3) is 6.78. The van der Waals surface area contributed by atoms with Crippen molar-refractivity contribution in [3.05, 3.63) is 28.8 Å². The van der Waals surface area contributed by atoms with Gasteiger partial charge in [-0.05, 0) is 32.0 Å². The lowest BCUT2D eigenvalue weighted by Gasteiger charge is -2.15. The van der Waals surface area contributed by atoms with Gasteiger partial charge in [-0.2, -0.15) is 0 Å². The number of hydrogen-bond acceptors (Lipinski definition) is 4. The second kappa shape index (κ2) is 9.15. The van der Waals surface area contributed by atoms with Crippen molar-refractivity contribution < 1.29 is 9.84 Å². The molecule has 1 aromatic carbocycles. The maximum absolute atomic E-state index is 8.64. The highest BCUT2D eigenvalue weighted by atomic mass is 35.5. The van der Waals surface area contributed by atoms with E-state index in [4.69, 9.17) is 21.4 Å². The molecule has 3 N–H and O–H groups in total. The summed E-state index contributed by atoms with van der Waals surface area (Å²) in [6.07, 6.45) is 0.145. The Kier molecular flexibility index (Phi) is 7.82. The van der Waals surface area contributed by atoms with E-state index < -0.39 is 0 Å². The molecule has 0 bridgehead atoms. The highest BCUT2D eigenvalue weighted by molar-refractivity contribution is 6.30. The van der Waals surface area contributed by atoms with Crippen LogP contribution in [0, 0.1) is 0 Å². The molecule has 0 atom stereocenters. The fourth-order valence-electron chi connectivity index (χ4n) is 1.66. The lowest BCUT2D eigenvalue weighted by Crippen LogP contribution is -2.29. The maximum Gasteiger partial charge on any atom is 0.124 e. The normalized spacial score (nSPS) is 11.0. The summed E-state index contributed by atoms with van der Waals surface area (Å²) in [6, 6.07) is 5.67. The Balaban J connectivity index is 2.44. The Morgan fingerprint density at radius 1 is 1.21 bits per heavy atom. The molecule has 4 nitrogen and oxygen atoms in total. The Morgan fingerprint density at radius 2 is 1.95 bits per heavy atom. The largest absolute Gasteiger partial charge is 0.491 e. The summed E-state index contributed by atoms with van der Waals surface area (Å²) in [5, 5.41) is 15.8. The average Bonchev–Trinajstić information content (AvgIpc) is 2.36. The van der Waals surface area contributed by atoms with Crippen LogP contribution in [0.25, 0.3) is 0 Å². The summed E-state index contributed by atoms with van der Waals surface area (Å²) in [4.78, 5) is 0. The summed E-state index contributed by atoms with van der Waals surface area (Å²) in [6.45, 7) is 7.16. The van der Waals surface area contributed by atoms with E-state index in [0.717, 1.165) is 24.4 Å². The van der Waals surface area contributed by atoms with E-state index in [-0.39, 0.29) is 12.7 Å². The van der Waals surface area contributed by atoms with Crippen molar-refractivity contribution in [3.63, 3.8) is 0 Å². The van der Waals surface area contributed by atoms with Gasteiger partial charge in [0, 0.05) is 36.8 Å². The lowest BCUT2D eigenvalue weighted by atomic mass is 10.2. The molecule has 0 aromatic heterocycles. The molecule has 108 valence electrons. The van der Waals surface area contributed by atoms with Crippen molar-refractivity contribution in [1.29, 1.82) is 0 Å². The van der Waals surface area contributed by atoms with Crippen LogP contribution in [-0.2, 0) is 6.54 Å². The zero-order valence-corrected chi connectivity index (χ0v) is 12.3. The SMILES string of the molecule is CC(C)Oc1ccc(Cl)cc1CNCCNCCO. The molecule has 0 radical (unpaired) electrons. The van der Waals surface area contributed by atoms with Crippen molar-refractivity contribution in [2.24, 2.45) is 0 Å². The van der Waals surface area contributed by atoms with Crippen LogP contribution < -0.4 is 15.4 Å². The Bertz CT molecular complexity index is 372. The van der Waals surface area contributed by atoms with Crippen LogP contribution in [0.5, 0.6) is 5.75 Å². The first-order valence-electron chi connectivity index (χ1n) is 6.61. The molecular formula is C14H23ClN2O2. The first kappa shape index (κ1) is 16.2. The maximum atomic E-state index is 8.64. The predicted molar refractivity (Wildman–Crippen MR) is 78.9 cm³/mol. The van der Waals surface area contributed by atoms with Gasteiger partial charge in [0.25, 0.3) is 0 Å². The topological polar surface area (TPSA) is 53.5 Å². The van der Waals surface area contributed by atoms with Crippen LogP contribution in [0.3, 0.4) is 0 Å². The van der Waals surface area contributed by atoms with Gasteiger partial charge in [-0.3, -0.25) is 0 Å². The molecule has 0 aliphatic rings. The molecule has 0 fully saturated rings. The minimum Gasteiger partial charge on any atom is -0.491 e. The van der Waals surface area contributed by atoms with Crippen LogP contribution in [0.1, 0.15) is 19.4 Å². The number of aliphatic hydroxyl groups is 1. The zero-order chi connectivity index (χ0) is 14.1. The third-order valence-electron chi connectivity index (χ3n) is 2.47. The summed E-state index contributed by atoms with van der Waals surface area (Å²) in [5.41, 5.74) is 1.06. The van der Waals surface area contributed by atoms with Crippen molar-refractivity contribution >= 4 is 11.6 Å². The molecule has 1 rings (SSSR count). The molecule has 19 heavy (non-hydrogen) atoms. The summed E-state index contributed by atoms with van der Waals surface area (Å²) in [7, 11) is 0. The van der Waals surface area contributed by atoms with E-state index in [1.807, 2.05) is 32.0 Å². The number of rotatable bonds is 9. The smallest absolute Gasteiger partial charge is 0.124 e. The number of nitrogens with one attached hydrogen (secondary N) is 2. The highest BCUT2D eigenvalue weighted by Gasteiger charge is 2.06. The first-order chi connectivity index (χ1) is 9.13. The molecule has 0 saturated heterocycles. The van der Waals surface area contributed by atoms with Crippen molar-refractivity contribution in [1.82, 2.24) is 10.6 Å². The minimum absolute atomic E-state index is 0.145. The first-order valence-corrected chi connectivity index (χ1v) is 6.98. The van der Waals surface area contributed by atoms with E-state index in [1.165, 1.54) is 0 Å². The van der Waals surface area contributed by atoms with Gasteiger partial charge in [-0.25, -0.2) is 0 Å². The third-order valence-corrected chi connectivity index (χ3v) is 2.70. The summed E-state index contributed by atoms with van der Waals surface area (Å²) >= 11 is 6.01. The molecular weight excluding hydrogens is 264 g/mol. The highest BCUT2D eigenvalue weighted by Crippen LogP contribution is 2.23. The molecule has 0 heterocycles.